The van der Waals surface area contributed by atoms with Gasteiger partial charge in [-0.3, -0.25) is 9.69 Å². The Bertz CT molecular complexity index is 1340. The summed E-state index contributed by atoms with van der Waals surface area (Å²) in [4.78, 5) is 19.0. The molecular formula is C25H24ClFN4O2S. The van der Waals surface area contributed by atoms with E-state index in [9.17, 15) is 9.18 Å². The van der Waals surface area contributed by atoms with E-state index in [0.29, 0.717) is 48.4 Å². The molecule has 0 saturated carbocycles. The second-order valence-corrected chi connectivity index (χ2v) is 9.79. The van der Waals surface area contributed by atoms with Crippen molar-refractivity contribution in [2.24, 2.45) is 0 Å². The third kappa shape index (κ3) is 4.41. The van der Waals surface area contributed by atoms with E-state index in [1.807, 2.05) is 46.8 Å². The van der Waals surface area contributed by atoms with Crippen molar-refractivity contribution < 1.29 is 13.9 Å². The number of carbonyl (C=O) groups excluding carboxylic acids is 1. The molecule has 4 aromatic rings. The number of benzene rings is 2. The van der Waals surface area contributed by atoms with E-state index >= 15 is 0 Å². The Hall–Kier alpha value is -2.94. The van der Waals surface area contributed by atoms with Gasteiger partial charge in [0.2, 0.25) is 0 Å². The quantitative estimate of drug-likeness (QED) is 0.381. The Balaban J connectivity index is 1.29. The van der Waals surface area contributed by atoms with E-state index in [0.717, 1.165) is 27.2 Å². The van der Waals surface area contributed by atoms with E-state index in [2.05, 4.69) is 10.00 Å². The van der Waals surface area contributed by atoms with Crippen LogP contribution in [0.1, 0.15) is 20.9 Å². The van der Waals surface area contributed by atoms with Crippen LogP contribution < -0.4 is 4.74 Å². The molecule has 0 atom stereocenters. The molecule has 1 aliphatic rings. The molecule has 2 aromatic carbocycles. The zero-order valence-corrected chi connectivity index (χ0v) is 20.5. The number of ether oxygens (including phenoxy) is 1. The maximum absolute atomic E-state index is 13.7. The van der Waals surface area contributed by atoms with Crippen molar-refractivity contribution in [2.45, 2.75) is 13.5 Å². The molecular weight excluding hydrogens is 475 g/mol. The topological polar surface area (TPSA) is 50.6 Å². The Morgan fingerprint density at radius 3 is 2.56 bits per heavy atom. The summed E-state index contributed by atoms with van der Waals surface area (Å²) in [6.07, 6.45) is 0. The molecule has 2 aromatic heterocycles. The number of methoxy groups -OCH3 is 1. The summed E-state index contributed by atoms with van der Waals surface area (Å²) in [6, 6.07) is 14.0. The van der Waals surface area contributed by atoms with Crippen molar-refractivity contribution in [1.82, 2.24) is 19.6 Å². The lowest BCUT2D eigenvalue weighted by Crippen LogP contribution is -2.48. The number of hydrogen-bond donors (Lipinski definition) is 0. The first-order valence-electron chi connectivity index (χ1n) is 11.0. The van der Waals surface area contributed by atoms with Crippen molar-refractivity contribution in [3.63, 3.8) is 0 Å². The highest BCUT2D eigenvalue weighted by Gasteiger charge is 2.25. The zero-order chi connectivity index (χ0) is 23.8. The lowest BCUT2D eigenvalue weighted by molar-refractivity contribution is 0.0632. The average Bonchev–Trinajstić information content (AvgIpc) is 3.40. The van der Waals surface area contributed by atoms with E-state index < -0.39 is 0 Å². The lowest BCUT2D eigenvalue weighted by Gasteiger charge is -2.34. The van der Waals surface area contributed by atoms with Crippen molar-refractivity contribution in [2.75, 3.05) is 33.3 Å². The number of piperazine rings is 1. The number of rotatable bonds is 5. The van der Waals surface area contributed by atoms with E-state index in [1.54, 1.807) is 13.2 Å². The number of carbonyl (C=O) groups is 1. The Kier molecular flexibility index (Phi) is 6.29. The number of hydrogen-bond acceptors (Lipinski definition) is 5. The van der Waals surface area contributed by atoms with Crippen molar-refractivity contribution in [3.8, 4) is 11.4 Å². The molecule has 0 unspecified atom stereocenters. The third-order valence-electron chi connectivity index (χ3n) is 6.12. The Labute approximate surface area is 206 Å². The van der Waals surface area contributed by atoms with Crippen molar-refractivity contribution >= 4 is 39.1 Å². The minimum Gasteiger partial charge on any atom is -0.496 e. The minimum absolute atomic E-state index is 0.0336. The number of nitrogens with zero attached hydrogens (tertiary/aromatic N) is 4. The SMILES string of the molecule is COc1ccc(F)cc1CN1CCN(C(=O)c2cc3c(C)nn(-c4ccc(Cl)cc4)c3s2)CC1. The maximum Gasteiger partial charge on any atom is 0.264 e. The van der Waals surface area contributed by atoms with Gasteiger partial charge in [-0.1, -0.05) is 11.6 Å². The highest BCUT2D eigenvalue weighted by atomic mass is 35.5. The molecule has 0 spiro atoms. The smallest absolute Gasteiger partial charge is 0.264 e. The number of halogens is 2. The first-order valence-corrected chi connectivity index (χ1v) is 12.2. The van der Waals surface area contributed by atoms with Crippen LogP contribution in [0.25, 0.3) is 15.9 Å². The van der Waals surface area contributed by atoms with Crippen LogP contribution in [0.2, 0.25) is 5.02 Å². The van der Waals surface area contributed by atoms with Gasteiger partial charge in [-0.25, -0.2) is 9.07 Å². The molecule has 3 heterocycles. The molecule has 176 valence electrons. The zero-order valence-electron chi connectivity index (χ0n) is 18.9. The van der Waals surface area contributed by atoms with E-state index in [4.69, 9.17) is 16.3 Å². The van der Waals surface area contributed by atoms with Crippen LogP contribution in [0, 0.1) is 12.7 Å². The van der Waals surface area contributed by atoms with Crippen molar-refractivity contribution in [3.05, 3.63) is 75.5 Å². The van der Waals surface area contributed by atoms with Gasteiger partial charge < -0.3 is 9.64 Å². The van der Waals surface area contributed by atoms with Gasteiger partial charge in [0.1, 0.15) is 16.4 Å². The molecule has 6 nitrogen and oxygen atoms in total. The molecule has 1 aliphatic heterocycles. The van der Waals surface area contributed by atoms with Gasteiger partial charge in [-0.2, -0.15) is 5.10 Å². The highest BCUT2D eigenvalue weighted by Crippen LogP contribution is 2.32. The fraction of sp³-hybridized carbons (Fsp3) is 0.280. The van der Waals surface area contributed by atoms with Crippen LogP contribution in [0.3, 0.4) is 0 Å². The number of amides is 1. The van der Waals surface area contributed by atoms with Crippen LogP contribution in [-0.2, 0) is 6.54 Å². The van der Waals surface area contributed by atoms with Crippen LogP contribution in [-0.4, -0.2) is 58.8 Å². The molecule has 1 saturated heterocycles. The monoisotopic (exact) mass is 498 g/mol. The summed E-state index contributed by atoms with van der Waals surface area (Å²) >= 11 is 7.49. The Morgan fingerprint density at radius 1 is 1.12 bits per heavy atom. The minimum atomic E-state index is -0.276. The van der Waals surface area contributed by atoms with Gasteiger partial charge in [0.15, 0.2) is 0 Å². The van der Waals surface area contributed by atoms with Crippen LogP contribution >= 0.6 is 22.9 Å². The second kappa shape index (κ2) is 9.37. The van der Waals surface area contributed by atoms with Crippen LogP contribution in [0.4, 0.5) is 4.39 Å². The summed E-state index contributed by atoms with van der Waals surface area (Å²) in [7, 11) is 1.59. The molecule has 9 heteroatoms. The molecule has 0 bridgehead atoms. The van der Waals surface area contributed by atoms with Crippen molar-refractivity contribution in [1.29, 1.82) is 0 Å². The number of aryl methyl sites for hydroxylation is 1. The number of thiophene rings is 1. The molecule has 5 rings (SSSR count). The fourth-order valence-electron chi connectivity index (χ4n) is 4.29. The molecule has 34 heavy (non-hydrogen) atoms. The van der Waals surface area contributed by atoms with Gasteiger partial charge in [0.05, 0.1) is 23.4 Å². The predicted octanol–water partition coefficient (Wildman–Crippen LogP) is 5.15. The Morgan fingerprint density at radius 2 is 1.85 bits per heavy atom. The second-order valence-electron chi connectivity index (χ2n) is 8.33. The van der Waals surface area contributed by atoms with Crippen LogP contribution in [0.15, 0.2) is 48.5 Å². The summed E-state index contributed by atoms with van der Waals surface area (Å²) in [5.74, 6) is 0.434. The lowest BCUT2D eigenvalue weighted by atomic mass is 10.1. The predicted molar refractivity (Wildman–Crippen MR) is 133 cm³/mol. The summed E-state index contributed by atoms with van der Waals surface area (Å²) in [6.45, 7) is 5.21. The van der Waals surface area contributed by atoms with Gasteiger partial charge in [-0.05, 0) is 55.5 Å². The van der Waals surface area contributed by atoms with Gasteiger partial charge in [0, 0.05) is 48.7 Å². The molecule has 0 radical (unpaired) electrons. The molecule has 0 aliphatic carbocycles. The summed E-state index contributed by atoms with van der Waals surface area (Å²) < 4.78 is 20.9. The third-order valence-corrected chi connectivity index (χ3v) is 7.47. The standard InChI is InChI=1S/C25H24ClFN4O2S/c1-16-21-14-23(34-25(21)31(28-16)20-6-3-18(26)4-7-20)24(32)30-11-9-29(10-12-30)15-17-13-19(27)5-8-22(17)33-2/h3-8,13-14H,9-12,15H2,1-2H3. The first kappa shape index (κ1) is 22.8. The molecule has 1 fully saturated rings. The van der Waals surface area contributed by atoms with Crippen LogP contribution in [0.5, 0.6) is 5.75 Å². The molecule has 0 N–H and O–H groups in total. The summed E-state index contributed by atoms with van der Waals surface area (Å²) in [5.41, 5.74) is 2.60. The first-order chi connectivity index (χ1) is 16.4. The maximum atomic E-state index is 13.7. The van der Waals surface area contributed by atoms with Gasteiger partial charge >= 0.3 is 0 Å². The van der Waals surface area contributed by atoms with Gasteiger partial charge in [0.25, 0.3) is 5.91 Å². The number of aromatic nitrogens is 2. The molecule has 1 amide bonds. The average molecular weight is 499 g/mol. The van der Waals surface area contributed by atoms with E-state index in [-0.39, 0.29) is 11.7 Å². The van der Waals surface area contributed by atoms with E-state index in [1.165, 1.54) is 23.5 Å². The fourth-order valence-corrected chi connectivity index (χ4v) is 5.56. The summed E-state index contributed by atoms with van der Waals surface area (Å²) in [5, 5.41) is 6.30. The number of fused-ring (bicyclic) bond motifs is 1. The highest BCUT2D eigenvalue weighted by molar-refractivity contribution is 7.20. The normalized spacial score (nSPS) is 14.6. The van der Waals surface area contributed by atoms with Gasteiger partial charge in [-0.15, -0.1) is 11.3 Å². The largest absolute Gasteiger partial charge is 0.496 e.